The summed E-state index contributed by atoms with van der Waals surface area (Å²) in [6.45, 7) is 0. The SMILES string of the molecule is Cn1c(SCc2ccc(F)cc2C(=N)N)n[nH]c1=O. The highest BCUT2D eigenvalue weighted by Gasteiger charge is 2.10. The van der Waals surface area contributed by atoms with Crippen molar-refractivity contribution in [2.24, 2.45) is 12.8 Å². The Morgan fingerprint density at radius 3 is 2.95 bits per heavy atom. The van der Waals surface area contributed by atoms with Crippen molar-refractivity contribution in [3.63, 3.8) is 0 Å². The quantitative estimate of drug-likeness (QED) is 0.439. The molecule has 0 aliphatic heterocycles. The van der Waals surface area contributed by atoms with Crippen molar-refractivity contribution >= 4 is 17.6 Å². The minimum Gasteiger partial charge on any atom is -0.384 e. The number of benzene rings is 1. The van der Waals surface area contributed by atoms with Crippen molar-refractivity contribution in [1.29, 1.82) is 5.41 Å². The summed E-state index contributed by atoms with van der Waals surface area (Å²) >= 11 is 1.30. The standard InChI is InChI=1S/C11H12FN5OS/c1-17-10(18)15-16-11(17)19-5-6-2-3-7(12)4-8(6)9(13)14/h2-4H,5H2,1H3,(H3,13,14)(H,15,18). The van der Waals surface area contributed by atoms with Crippen molar-refractivity contribution < 1.29 is 4.39 Å². The van der Waals surface area contributed by atoms with Crippen LogP contribution in [0.4, 0.5) is 4.39 Å². The number of nitrogens with one attached hydrogen (secondary N) is 2. The predicted molar refractivity (Wildman–Crippen MR) is 70.8 cm³/mol. The Morgan fingerprint density at radius 1 is 1.63 bits per heavy atom. The van der Waals surface area contributed by atoms with E-state index in [2.05, 4.69) is 10.2 Å². The molecule has 19 heavy (non-hydrogen) atoms. The second kappa shape index (κ2) is 5.27. The summed E-state index contributed by atoms with van der Waals surface area (Å²) in [6, 6.07) is 4.11. The summed E-state index contributed by atoms with van der Waals surface area (Å²) in [6.07, 6.45) is 0. The van der Waals surface area contributed by atoms with E-state index in [0.717, 1.165) is 0 Å². The number of hydrogen-bond donors (Lipinski definition) is 3. The molecule has 2 rings (SSSR count). The smallest absolute Gasteiger partial charge is 0.343 e. The van der Waals surface area contributed by atoms with Crippen molar-refractivity contribution in [2.45, 2.75) is 10.9 Å². The van der Waals surface area contributed by atoms with E-state index < -0.39 is 5.82 Å². The molecule has 6 nitrogen and oxygen atoms in total. The van der Waals surface area contributed by atoms with Crippen molar-refractivity contribution in [2.75, 3.05) is 0 Å². The number of halogens is 1. The fraction of sp³-hybridized carbons (Fsp3) is 0.182. The first kappa shape index (κ1) is 13.3. The van der Waals surface area contributed by atoms with Crippen LogP contribution in [0.1, 0.15) is 11.1 Å². The maximum Gasteiger partial charge on any atom is 0.343 e. The first-order chi connectivity index (χ1) is 8.99. The first-order valence-corrected chi connectivity index (χ1v) is 6.34. The van der Waals surface area contributed by atoms with Gasteiger partial charge in [-0.15, -0.1) is 5.10 Å². The van der Waals surface area contributed by atoms with Crippen LogP contribution in [0.3, 0.4) is 0 Å². The third-order valence-electron chi connectivity index (χ3n) is 2.56. The van der Waals surface area contributed by atoms with Gasteiger partial charge in [-0.2, -0.15) is 0 Å². The Labute approximate surface area is 112 Å². The highest BCUT2D eigenvalue weighted by atomic mass is 32.2. The zero-order valence-corrected chi connectivity index (χ0v) is 10.9. The first-order valence-electron chi connectivity index (χ1n) is 5.36. The highest BCUT2D eigenvalue weighted by molar-refractivity contribution is 7.98. The Balaban J connectivity index is 2.22. The molecular formula is C11H12FN5OS. The molecule has 0 amide bonds. The van der Waals surface area contributed by atoms with Gasteiger partial charge in [0.15, 0.2) is 5.16 Å². The normalized spacial score (nSPS) is 10.6. The predicted octanol–water partition coefficient (Wildman–Crippen LogP) is 0.824. The minimum absolute atomic E-state index is 0.189. The van der Waals surface area contributed by atoms with Crippen LogP contribution in [0.25, 0.3) is 0 Å². The van der Waals surface area contributed by atoms with Crippen molar-refractivity contribution in [1.82, 2.24) is 14.8 Å². The van der Waals surface area contributed by atoms with E-state index in [1.165, 1.54) is 28.5 Å². The van der Waals surface area contributed by atoms with Gasteiger partial charge in [0.1, 0.15) is 11.7 Å². The molecule has 0 aliphatic rings. The van der Waals surface area contributed by atoms with E-state index in [1.807, 2.05) is 0 Å². The molecule has 0 aliphatic carbocycles. The molecule has 100 valence electrons. The largest absolute Gasteiger partial charge is 0.384 e. The van der Waals surface area contributed by atoms with E-state index in [0.29, 0.717) is 22.0 Å². The molecule has 0 bridgehead atoms. The van der Waals surface area contributed by atoms with E-state index >= 15 is 0 Å². The second-order valence-electron chi connectivity index (χ2n) is 3.87. The number of thioether (sulfide) groups is 1. The minimum atomic E-state index is -0.439. The average molecular weight is 281 g/mol. The van der Waals surface area contributed by atoms with Crippen LogP contribution < -0.4 is 11.4 Å². The van der Waals surface area contributed by atoms with Gasteiger partial charge in [-0.3, -0.25) is 9.98 Å². The Kier molecular flexibility index (Phi) is 3.70. The van der Waals surface area contributed by atoms with Gasteiger partial charge in [0.2, 0.25) is 0 Å². The van der Waals surface area contributed by atoms with Gasteiger partial charge in [-0.05, 0) is 17.7 Å². The molecular weight excluding hydrogens is 269 g/mol. The van der Waals surface area contributed by atoms with Crippen molar-refractivity contribution in [3.8, 4) is 0 Å². The van der Waals surface area contributed by atoms with Crippen LogP contribution >= 0.6 is 11.8 Å². The summed E-state index contributed by atoms with van der Waals surface area (Å²) in [7, 11) is 1.60. The maximum atomic E-state index is 13.1. The molecule has 0 spiro atoms. The highest BCUT2D eigenvalue weighted by Crippen LogP contribution is 2.22. The lowest BCUT2D eigenvalue weighted by Gasteiger charge is -2.07. The fourth-order valence-electron chi connectivity index (χ4n) is 1.53. The van der Waals surface area contributed by atoms with Gasteiger partial charge in [-0.25, -0.2) is 14.3 Å². The molecule has 0 atom stereocenters. The average Bonchev–Trinajstić information content (AvgIpc) is 2.68. The van der Waals surface area contributed by atoms with Crippen LogP contribution in [-0.4, -0.2) is 20.6 Å². The lowest BCUT2D eigenvalue weighted by molar-refractivity contribution is 0.627. The number of nitrogens with two attached hydrogens (primary N) is 1. The summed E-state index contributed by atoms with van der Waals surface area (Å²) in [5, 5.41) is 14.1. The Bertz CT molecular complexity index is 678. The molecule has 0 saturated carbocycles. The zero-order chi connectivity index (χ0) is 14.0. The molecule has 1 aromatic carbocycles. The number of amidine groups is 1. The number of aromatic nitrogens is 3. The number of aromatic amines is 1. The van der Waals surface area contributed by atoms with Crippen molar-refractivity contribution in [3.05, 3.63) is 45.6 Å². The maximum absolute atomic E-state index is 13.1. The molecule has 0 saturated heterocycles. The molecule has 0 radical (unpaired) electrons. The number of nitrogens with zero attached hydrogens (tertiary/aromatic N) is 2. The van der Waals surface area contributed by atoms with E-state index in [9.17, 15) is 9.18 Å². The number of rotatable bonds is 4. The van der Waals surface area contributed by atoms with Crippen LogP contribution in [0.2, 0.25) is 0 Å². The zero-order valence-electron chi connectivity index (χ0n) is 10.1. The fourth-order valence-corrected chi connectivity index (χ4v) is 2.45. The molecule has 1 heterocycles. The molecule has 0 fully saturated rings. The van der Waals surface area contributed by atoms with E-state index in [-0.39, 0.29) is 11.5 Å². The topological polar surface area (TPSA) is 101 Å². The van der Waals surface area contributed by atoms with Gasteiger partial charge in [0.05, 0.1) is 0 Å². The van der Waals surface area contributed by atoms with Gasteiger partial charge in [0.25, 0.3) is 0 Å². The number of nitrogen functional groups attached to an aromatic ring is 1. The van der Waals surface area contributed by atoms with Crippen LogP contribution in [-0.2, 0) is 12.8 Å². The van der Waals surface area contributed by atoms with Gasteiger partial charge in [0, 0.05) is 18.4 Å². The van der Waals surface area contributed by atoms with E-state index in [1.54, 1.807) is 13.1 Å². The third kappa shape index (κ3) is 2.84. The molecule has 4 N–H and O–H groups in total. The molecule has 8 heteroatoms. The van der Waals surface area contributed by atoms with Gasteiger partial charge < -0.3 is 5.73 Å². The van der Waals surface area contributed by atoms with Crippen LogP contribution in [0, 0.1) is 11.2 Å². The summed E-state index contributed by atoms with van der Waals surface area (Å²) in [5.74, 6) is -0.190. The lowest BCUT2D eigenvalue weighted by Crippen LogP contribution is -2.14. The summed E-state index contributed by atoms with van der Waals surface area (Å²) in [4.78, 5) is 11.2. The van der Waals surface area contributed by atoms with Crippen LogP contribution in [0.15, 0.2) is 28.2 Å². The monoisotopic (exact) mass is 281 g/mol. The number of hydrogen-bond acceptors (Lipinski definition) is 4. The van der Waals surface area contributed by atoms with Crippen LogP contribution in [0.5, 0.6) is 0 Å². The Morgan fingerprint density at radius 2 is 2.37 bits per heavy atom. The molecule has 0 unspecified atom stereocenters. The van der Waals surface area contributed by atoms with E-state index in [4.69, 9.17) is 11.1 Å². The summed E-state index contributed by atoms with van der Waals surface area (Å²) in [5.41, 5.74) is 6.19. The lowest BCUT2D eigenvalue weighted by atomic mass is 10.1. The Hall–Kier alpha value is -2.09. The molecule has 2 aromatic rings. The van der Waals surface area contributed by atoms with Gasteiger partial charge in [-0.1, -0.05) is 17.8 Å². The number of H-pyrrole nitrogens is 1. The summed E-state index contributed by atoms with van der Waals surface area (Å²) < 4.78 is 14.5. The molecule has 1 aromatic heterocycles. The third-order valence-corrected chi connectivity index (χ3v) is 3.64. The second-order valence-corrected chi connectivity index (χ2v) is 4.82. The van der Waals surface area contributed by atoms with Gasteiger partial charge >= 0.3 is 5.69 Å².